The number of unbranched alkanes of at least 4 members (excludes halogenated alkanes) is 2. The molecule has 10 heteroatoms. The predicted molar refractivity (Wildman–Crippen MR) is 151 cm³/mol. The minimum atomic E-state index is -0.513. The first-order chi connectivity index (χ1) is 18.9. The Balaban J connectivity index is 1.29. The molecule has 0 atom stereocenters. The third-order valence-electron chi connectivity index (χ3n) is 5.76. The lowest BCUT2D eigenvalue weighted by atomic mass is 10.1. The minimum Gasteiger partial charge on any atom is -0.493 e. The fraction of sp³-hybridized carbons (Fsp3) is 0.276. The molecule has 0 spiro atoms. The van der Waals surface area contributed by atoms with Crippen molar-refractivity contribution in [2.75, 3.05) is 20.8 Å². The van der Waals surface area contributed by atoms with Gasteiger partial charge in [-0.1, -0.05) is 30.7 Å². The predicted octanol–water partition coefficient (Wildman–Crippen LogP) is 4.80. The topological polar surface area (TPSA) is 115 Å². The molecule has 3 aromatic carbocycles. The number of carbonyl (C=O) groups excluding carboxylic acids is 3. The first-order valence-corrected chi connectivity index (χ1v) is 13.3. The number of halogens is 1. The van der Waals surface area contributed by atoms with E-state index in [1.807, 2.05) is 18.2 Å². The van der Waals surface area contributed by atoms with Crippen LogP contribution >= 0.6 is 15.9 Å². The molecule has 39 heavy (non-hydrogen) atoms. The van der Waals surface area contributed by atoms with Gasteiger partial charge in [-0.2, -0.15) is 0 Å². The molecule has 3 aromatic rings. The maximum atomic E-state index is 12.5. The quantitative estimate of drug-likeness (QED) is 0.106. The Labute approximate surface area is 236 Å². The summed E-state index contributed by atoms with van der Waals surface area (Å²) >= 11 is 3.37. The molecular weight excluding hydrogens is 566 g/mol. The van der Waals surface area contributed by atoms with Crippen molar-refractivity contribution >= 4 is 33.7 Å². The van der Waals surface area contributed by atoms with Gasteiger partial charge in [0.1, 0.15) is 5.75 Å². The van der Waals surface area contributed by atoms with E-state index in [0.29, 0.717) is 47.9 Å². The number of carbonyl (C=O) groups is 3. The highest BCUT2D eigenvalue weighted by molar-refractivity contribution is 9.10. The Morgan fingerprint density at radius 1 is 0.846 bits per heavy atom. The van der Waals surface area contributed by atoms with Crippen molar-refractivity contribution in [1.29, 1.82) is 0 Å². The molecule has 9 nitrogen and oxygen atoms in total. The second-order valence-corrected chi connectivity index (χ2v) is 9.41. The maximum absolute atomic E-state index is 12.5. The zero-order valence-corrected chi connectivity index (χ0v) is 23.5. The summed E-state index contributed by atoms with van der Waals surface area (Å²) in [6.45, 7) is 0.969. The Hall–Kier alpha value is -3.89. The van der Waals surface area contributed by atoms with Gasteiger partial charge in [0.15, 0.2) is 11.5 Å². The van der Waals surface area contributed by atoms with E-state index in [-0.39, 0.29) is 11.8 Å². The highest BCUT2D eigenvalue weighted by Gasteiger charge is 2.13. The van der Waals surface area contributed by atoms with Crippen LogP contribution in [0, 0.1) is 0 Å². The van der Waals surface area contributed by atoms with Gasteiger partial charge in [0, 0.05) is 24.0 Å². The molecule has 0 saturated carbocycles. The molecule has 0 radical (unpaired) electrons. The largest absolute Gasteiger partial charge is 0.493 e. The third kappa shape index (κ3) is 9.42. The van der Waals surface area contributed by atoms with Crippen LogP contribution in [0.5, 0.6) is 17.2 Å². The monoisotopic (exact) mass is 597 g/mol. The van der Waals surface area contributed by atoms with E-state index in [1.165, 1.54) is 14.2 Å². The van der Waals surface area contributed by atoms with Gasteiger partial charge in [-0.3, -0.25) is 15.0 Å². The lowest BCUT2D eigenvalue weighted by molar-refractivity contribution is -0.122. The van der Waals surface area contributed by atoms with Crippen molar-refractivity contribution in [1.82, 2.24) is 16.2 Å². The highest BCUT2D eigenvalue weighted by atomic mass is 79.9. The number of esters is 1. The molecule has 2 amide bonds. The van der Waals surface area contributed by atoms with E-state index in [4.69, 9.17) is 14.2 Å². The van der Waals surface area contributed by atoms with Gasteiger partial charge in [-0.05, 0) is 76.8 Å². The zero-order chi connectivity index (χ0) is 28.0. The average Bonchev–Trinajstić information content (AvgIpc) is 2.95. The number of hydrazine groups is 1. The first-order valence-electron chi connectivity index (χ1n) is 12.5. The number of nitrogens with one attached hydrogen (secondary N) is 3. The second kappa shape index (κ2) is 15.5. The summed E-state index contributed by atoms with van der Waals surface area (Å²) in [5, 5.41) is 2.89. The number of ether oxygens (including phenoxy) is 3. The van der Waals surface area contributed by atoms with Crippen LogP contribution in [-0.2, 0) is 11.3 Å². The second-order valence-electron chi connectivity index (χ2n) is 8.55. The lowest BCUT2D eigenvalue weighted by Gasteiger charge is -2.10. The van der Waals surface area contributed by atoms with E-state index >= 15 is 0 Å². The van der Waals surface area contributed by atoms with Crippen LogP contribution in [-0.4, -0.2) is 38.5 Å². The molecule has 206 valence electrons. The maximum Gasteiger partial charge on any atom is 0.343 e. The summed E-state index contributed by atoms with van der Waals surface area (Å²) in [4.78, 5) is 36.7. The van der Waals surface area contributed by atoms with Crippen LogP contribution in [0.25, 0.3) is 0 Å². The average molecular weight is 598 g/mol. The van der Waals surface area contributed by atoms with Crippen molar-refractivity contribution in [3.8, 4) is 17.2 Å². The Morgan fingerprint density at radius 3 is 2.31 bits per heavy atom. The van der Waals surface area contributed by atoms with Crippen molar-refractivity contribution in [3.63, 3.8) is 0 Å². The Bertz CT molecular complexity index is 1270. The van der Waals surface area contributed by atoms with Gasteiger partial charge < -0.3 is 19.5 Å². The summed E-state index contributed by atoms with van der Waals surface area (Å²) in [7, 11) is 3.02. The van der Waals surface area contributed by atoms with Crippen LogP contribution in [0.2, 0.25) is 0 Å². The molecule has 3 N–H and O–H groups in total. The third-order valence-corrected chi connectivity index (χ3v) is 6.45. The summed E-state index contributed by atoms with van der Waals surface area (Å²) in [5.74, 6) is 0.629. The number of hydrogen-bond donors (Lipinski definition) is 3. The number of hydrogen-bond acceptors (Lipinski definition) is 7. The van der Waals surface area contributed by atoms with Crippen molar-refractivity contribution in [2.24, 2.45) is 0 Å². The van der Waals surface area contributed by atoms with Crippen molar-refractivity contribution in [3.05, 3.63) is 87.9 Å². The van der Waals surface area contributed by atoms with Crippen LogP contribution in [0.15, 0.2) is 71.2 Å². The standard InChI is InChI=1S/C29H32BrN3O6/c1-37-25-16-13-21(18-26(25)38-2)29(36)39-22-14-11-20(12-15-22)19-32-33-27(34)10-4-3-7-17-31-28(35)23-8-5-6-9-24(23)30/h5-6,8-9,11-16,18,32H,3-4,7,10,17,19H2,1-2H3,(H,31,35)(H,33,34). The first kappa shape index (κ1) is 29.7. The molecule has 0 aliphatic rings. The van der Waals surface area contributed by atoms with Gasteiger partial charge >= 0.3 is 5.97 Å². The Morgan fingerprint density at radius 2 is 1.59 bits per heavy atom. The molecule has 0 bridgehead atoms. The van der Waals surface area contributed by atoms with Crippen LogP contribution < -0.4 is 30.4 Å². The van der Waals surface area contributed by atoms with Gasteiger partial charge in [-0.15, -0.1) is 0 Å². The molecule has 0 aliphatic carbocycles. The summed E-state index contributed by atoms with van der Waals surface area (Å²) in [6.07, 6.45) is 2.72. The SMILES string of the molecule is COc1ccc(C(=O)Oc2ccc(CNNC(=O)CCCCCNC(=O)c3ccccc3Br)cc2)cc1OC. The fourth-order valence-corrected chi connectivity index (χ4v) is 4.11. The lowest BCUT2D eigenvalue weighted by Crippen LogP contribution is -2.36. The van der Waals surface area contributed by atoms with Gasteiger partial charge in [0.05, 0.1) is 25.3 Å². The smallest absolute Gasteiger partial charge is 0.343 e. The van der Waals surface area contributed by atoms with Gasteiger partial charge in [-0.25, -0.2) is 10.2 Å². The molecule has 0 aliphatic heterocycles. The Kier molecular flexibility index (Phi) is 11.8. The molecule has 0 saturated heterocycles. The van der Waals surface area contributed by atoms with Gasteiger partial charge in [0.25, 0.3) is 5.91 Å². The van der Waals surface area contributed by atoms with E-state index in [9.17, 15) is 14.4 Å². The zero-order valence-electron chi connectivity index (χ0n) is 21.9. The molecule has 3 rings (SSSR count). The summed E-state index contributed by atoms with van der Waals surface area (Å²) < 4.78 is 16.6. The van der Waals surface area contributed by atoms with Crippen LogP contribution in [0.1, 0.15) is 52.0 Å². The van der Waals surface area contributed by atoms with Crippen molar-refractivity contribution < 1.29 is 28.6 Å². The van der Waals surface area contributed by atoms with Crippen LogP contribution in [0.3, 0.4) is 0 Å². The fourth-order valence-electron chi connectivity index (χ4n) is 3.64. The molecule has 0 aromatic heterocycles. The number of methoxy groups -OCH3 is 2. The number of amides is 2. The van der Waals surface area contributed by atoms with E-state index in [0.717, 1.165) is 29.3 Å². The number of benzene rings is 3. The molecule has 0 unspecified atom stereocenters. The van der Waals surface area contributed by atoms with E-state index < -0.39 is 5.97 Å². The summed E-state index contributed by atoms with van der Waals surface area (Å²) in [5.41, 5.74) is 7.44. The van der Waals surface area contributed by atoms with Gasteiger partial charge in [0.2, 0.25) is 5.91 Å². The molecule has 0 fully saturated rings. The normalized spacial score (nSPS) is 10.4. The molecular formula is C29H32BrN3O6. The van der Waals surface area contributed by atoms with Crippen LogP contribution in [0.4, 0.5) is 0 Å². The summed E-state index contributed by atoms with van der Waals surface area (Å²) in [6, 6.07) is 19.1. The highest BCUT2D eigenvalue weighted by Crippen LogP contribution is 2.28. The van der Waals surface area contributed by atoms with Crippen molar-refractivity contribution in [2.45, 2.75) is 32.2 Å². The van der Waals surface area contributed by atoms with E-state index in [1.54, 1.807) is 48.5 Å². The molecule has 0 heterocycles. The van der Waals surface area contributed by atoms with E-state index in [2.05, 4.69) is 32.1 Å². The number of rotatable bonds is 14. The minimum absolute atomic E-state index is 0.104.